The number of hydrogen-bond acceptors (Lipinski definition) is 4. The van der Waals surface area contributed by atoms with Crippen molar-refractivity contribution in [3.63, 3.8) is 0 Å². The Labute approximate surface area is 195 Å². The summed E-state index contributed by atoms with van der Waals surface area (Å²) < 4.78 is 1.78. The number of pyridine rings is 1. The predicted octanol–water partition coefficient (Wildman–Crippen LogP) is 3.69. The maximum atomic E-state index is 13.4. The van der Waals surface area contributed by atoms with E-state index in [1.54, 1.807) is 53.4 Å². The number of hydrogen-bond donors (Lipinski definition) is 0. The van der Waals surface area contributed by atoms with E-state index in [9.17, 15) is 9.59 Å². The van der Waals surface area contributed by atoms with Crippen LogP contribution < -0.4 is 0 Å². The summed E-state index contributed by atoms with van der Waals surface area (Å²) in [6.45, 7) is 5.00. The molecule has 1 aromatic carbocycles. The zero-order chi connectivity index (χ0) is 23.6. The Morgan fingerprint density at radius 3 is 2.55 bits per heavy atom. The van der Waals surface area contributed by atoms with Crippen LogP contribution in [0, 0.1) is 5.41 Å². The molecule has 1 atom stereocenters. The van der Waals surface area contributed by atoms with Crippen LogP contribution in [0.15, 0.2) is 61.2 Å². The van der Waals surface area contributed by atoms with E-state index in [0.29, 0.717) is 31.5 Å². The Bertz CT molecular complexity index is 1140. The molecule has 0 bridgehead atoms. The Morgan fingerprint density at radius 2 is 1.88 bits per heavy atom. The molecule has 7 nitrogen and oxygen atoms in total. The first-order valence-corrected chi connectivity index (χ1v) is 11.3. The number of likely N-dealkylation sites (tertiary alicyclic amines) is 1. The van der Waals surface area contributed by atoms with Gasteiger partial charge in [-0.05, 0) is 55.5 Å². The third kappa shape index (κ3) is 4.67. The van der Waals surface area contributed by atoms with Crippen LogP contribution in [0.4, 0.5) is 0 Å². The zero-order valence-corrected chi connectivity index (χ0v) is 19.7. The van der Waals surface area contributed by atoms with Gasteiger partial charge in [0.1, 0.15) is 0 Å². The Balaban J connectivity index is 1.59. The fourth-order valence-corrected chi connectivity index (χ4v) is 4.62. The smallest absolute Gasteiger partial charge is 0.257 e. The molecule has 4 rings (SSSR count). The van der Waals surface area contributed by atoms with E-state index in [1.807, 2.05) is 32.0 Å². The van der Waals surface area contributed by atoms with Gasteiger partial charge < -0.3 is 9.80 Å². The molecule has 1 aliphatic rings. The van der Waals surface area contributed by atoms with Crippen LogP contribution in [0.25, 0.3) is 11.1 Å². The summed E-state index contributed by atoms with van der Waals surface area (Å²) in [5, 5.41) is 4.30. The normalized spacial score (nSPS) is 18.0. The van der Waals surface area contributed by atoms with E-state index in [1.165, 1.54) is 0 Å². The molecule has 0 aliphatic carbocycles. The van der Waals surface area contributed by atoms with E-state index in [0.717, 1.165) is 16.7 Å². The van der Waals surface area contributed by atoms with E-state index < -0.39 is 5.41 Å². The molecule has 0 saturated carbocycles. The molecular formula is C26H31N5O2. The topological polar surface area (TPSA) is 71.3 Å². The average molecular weight is 446 g/mol. The van der Waals surface area contributed by atoms with E-state index in [2.05, 4.69) is 28.3 Å². The fourth-order valence-electron chi connectivity index (χ4n) is 4.62. The lowest BCUT2D eigenvalue weighted by Gasteiger charge is -2.31. The van der Waals surface area contributed by atoms with Gasteiger partial charge in [0.2, 0.25) is 5.91 Å². The molecule has 0 radical (unpaired) electrons. The summed E-state index contributed by atoms with van der Waals surface area (Å²) in [7, 11) is 3.57. The highest BCUT2D eigenvalue weighted by atomic mass is 16.2. The van der Waals surface area contributed by atoms with Crippen molar-refractivity contribution < 1.29 is 9.59 Å². The van der Waals surface area contributed by atoms with Gasteiger partial charge in [-0.25, -0.2) is 0 Å². The molecule has 1 aliphatic heterocycles. The summed E-state index contributed by atoms with van der Waals surface area (Å²) in [5.41, 5.74) is 3.18. The lowest BCUT2D eigenvalue weighted by atomic mass is 9.79. The van der Waals surface area contributed by atoms with Crippen LogP contribution in [0.5, 0.6) is 0 Å². The number of carbonyl (C=O) groups is 2. The first-order valence-electron chi connectivity index (χ1n) is 11.3. The summed E-state index contributed by atoms with van der Waals surface area (Å²) >= 11 is 0. The van der Waals surface area contributed by atoms with Gasteiger partial charge in [0.25, 0.3) is 5.91 Å². The predicted molar refractivity (Wildman–Crippen MR) is 128 cm³/mol. The summed E-state index contributed by atoms with van der Waals surface area (Å²) in [6, 6.07) is 12.4. The van der Waals surface area contributed by atoms with Gasteiger partial charge in [-0.2, -0.15) is 5.10 Å². The highest BCUT2D eigenvalue weighted by Crippen LogP contribution is 2.37. The second kappa shape index (κ2) is 9.17. The number of rotatable bonds is 6. The van der Waals surface area contributed by atoms with Gasteiger partial charge in [0.05, 0.1) is 17.2 Å². The molecule has 2 amide bonds. The molecule has 0 unspecified atom stereocenters. The lowest BCUT2D eigenvalue weighted by molar-refractivity contribution is -0.138. The number of carbonyl (C=O) groups excluding carboxylic acids is 2. The molecule has 1 fully saturated rings. The highest BCUT2D eigenvalue weighted by molar-refractivity contribution is 5.95. The number of benzene rings is 1. The number of amides is 2. The van der Waals surface area contributed by atoms with Crippen molar-refractivity contribution in [2.45, 2.75) is 32.7 Å². The van der Waals surface area contributed by atoms with Crippen molar-refractivity contribution in [1.29, 1.82) is 0 Å². The molecule has 0 N–H and O–H groups in total. The van der Waals surface area contributed by atoms with E-state index in [-0.39, 0.29) is 17.9 Å². The molecule has 7 heteroatoms. The molecular weight excluding hydrogens is 414 g/mol. The fraction of sp³-hybridized carbons (Fsp3) is 0.385. The summed E-state index contributed by atoms with van der Waals surface area (Å²) in [6.07, 6.45) is 8.18. The SMILES string of the molecule is CC(C)n1cc(C(=O)N2CC[C@@](Cc3cccc(-c4ccncc4)c3)(C(=O)N(C)C)C2)cn1. The quantitative estimate of drug-likeness (QED) is 0.580. The summed E-state index contributed by atoms with van der Waals surface area (Å²) in [4.78, 5) is 34.1. The first-order chi connectivity index (χ1) is 15.8. The second-order valence-corrected chi connectivity index (χ2v) is 9.37. The van der Waals surface area contributed by atoms with Crippen molar-refractivity contribution in [3.8, 4) is 11.1 Å². The molecule has 33 heavy (non-hydrogen) atoms. The standard InChI is InChI=1S/C26H31N5O2/c1-19(2)31-17-23(16-28-31)24(32)30-13-10-26(18-30,25(33)29(3)4)15-20-6-5-7-22(14-20)21-8-11-27-12-9-21/h5-9,11-12,14,16-17,19H,10,13,15,18H2,1-4H3/t26-/m0/s1. The monoisotopic (exact) mass is 445 g/mol. The van der Waals surface area contributed by atoms with Crippen molar-refractivity contribution >= 4 is 11.8 Å². The van der Waals surface area contributed by atoms with Crippen LogP contribution in [0.3, 0.4) is 0 Å². The van der Waals surface area contributed by atoms with Crippen molar-refractivity contribution in [2.75, 3.05) is 27.2 Å². The van der Waals surface area contributed by atoms with Crippen LogP contribution in [0.2, 0.25) is 0 Å². The zero-order valence-electron chi connectivity index (χ0n) is 19.7. The Hall–Kier alpha value is -3.48. The minimum Gasteiger partial charge on any atom is -0.348 e. The Kier molecular flexibility index (Phi) is 6.31. The van der Waals surface area contributed by atoms with E-state index in [4.69, 9.17) is 0 Å². The lowest BCUT2D eigenvalue weighted by Crippen LogP contribution is -2.44. The minimum atomic E-state index is -0.649. The summed E-state index contributed by atoms with van der Waals surface area (Å²) in [5.74, 6) is -0.00847. The minimum absolute atomic E-state index is 0.0602. The van der Waals surface area contributed by atoms with Gasteiger partial charge in [0.15, 0.2) is 0 Å². The van der Waals surface area contributed by atoms with Gasteiger partial charge in [-0.3, -0.25) is 19.3 Å². The van der Waals surface area contributed by atoms with Crippen LogP contribution in [0.1, 0.15) is 42.2 Å². The van der Waals surface area contributed by atoms with Crippen LogP contribution >= 0.6 is 0 Å². The molecule has 172 valence electrons. The van der Waals surface area contributed by atoms with Crippen molar-refractivity contribution in [3.05, 3.63) is 72.3 Å². The molecule has 2 aromatic heterocycles. The molecule has 0 spiro atoms. The van der Waals surface area contributed by atoms with Crippen LogP contribution in [-0.2, 0) is 11.2 Å². The number of nitrogens with zero attached hydrogens (tertiary/aromatic N) is 5. The van der Waals surface area contributed by atoms with E-state index >= 15 is 0 Å². The maximum absolute atomic E-state index is 13.4. The molecule has 3 aromatic rings. The number of aromatic nitrogens is 3. The maximum Gasteiger partial charge on any atom is 0.257 e. The van der Waals surface area contributed by atoms with Gasteiger partial charge >= 0.3 is 0 Å². The van der Waals surface area contributed by atoms with Crippen LogP contribution in [-0.4, -0.2) is 63.6 Å². The third-order valence-electron chi connectivity index (χ3n) is 6.36. The van der Waals surface area contributed by atoms with Gasteiger partial charge in [-0.15, -0.1) is 0 Å². The molecule has 3 heterocycles. The first kappa shape index (κ1) is 22.7. The second-order valence-electron chi connectivity index (χ2n) is 9.37. The largest absolute Gasteiger partial charge is 0.348 e. The highest BCUT2D eigenvalue weighted by Gasteiger charge is 2.47. The third-order valence-corrected chi connectivity index (χ3v) is 6.36. The Morgan fingerprint density at radius 1 is 1.12 bits per heavy atom. The van der Waals surface area contributed by atoms with Crippen molar-refractivity contribution in [2.24, 2.45) is 5.41 Å². The van der Waals surface area contributed by atoms with Crippen molar-refractivity contribution in [1.82, 2.24) is 24.6 Å². The van der Waals surface area contributed by atoms with Gasteiger partial charge in [-0.1, -0.05) is 24.3 Å². The van der Waals surface area contributed by atoms with Gasteiger partial charge in [0, 0.05) is 51.8 Å². The average Bonchev–Trinajstić information content (AvgIpc) is 3.48. The molecule has 1 saturated heterocycles.